The van der Waals surface area contributed by atoms with Gasteiger partial charge in [-0.1, -0.05) is 46.2 Å². The second kappa shape index (κ2) is 8.26. The van der Waals surface area contributed by atoms with Crippen LogP contribution in [0.2, 0.25) is 5.02 Å². The quantitative estimate of drug-likeness (QED) is 0.640. The van der Waals surface area contributed by atoms with Crippen LogP contribution in [0.5, 0.6) is 0 Å². The predicted molar refractivity (Wildman–Crippen MR) is 107 cm³/mol. The van der Waals surface area contributed by atoms with Gasteiger partial charge < -0.3 is 10.1 Å². The second-order valence-electron chi connectivity index (χ2n) is 9.47. The lowest BCUT2D eigenvalue weighted by molar-refractivity contribution is 0.0968. The molecule has 25 heavy (non-hydrogen) atoms. The molecule has 3 nitrogen and oxygen atoms in total. The SMILES string of the molecule is COCc1nccc(N[C@H]2CC[C@@H](C(C)(C)CC(C)(C)C)CC2)c1Cl. The van der Waals surface area contributed by atoms with Gasteiger partial charge in [0.1, 0.15) is 0 Å². The number of hydrogen-bond donors (Lipinski definition) is 1. The zero-order chi connectivity index (χ0) is 18.7. The molecule has 1 aromatic rings. The summed E-state index contributed by atoms with van der Waals surface area (Å²) >= 11 is 6.48. The fourth-order valence-corrected chi connectivity index (χ4v) is 4.81. The first-order valence-corrected chi connectivity index (χ1v) is 9.89. The molecule has 0 saturated heterocycles. The highest BCUT2D eigenvalue weighted by atomic mass is 35.5. The molecule has 0 unspecified atom stereocenters. The van der Waals surface area contributed by atoms with Crippen molar-refractivity contribution in [1.29, 1.82) is 0 Å². The van der Waals surface area contributed by atoms with Crippen LogP contribution < -0.4 is 5.32 Å². The Balaban J connectivity index is 1.94. The van der Waals surface area contributed by atoms with Gasteiger partial charge in [0.15, 0.2) is 0 Å². The third kappa shape index (κ3) is 5.86. The number of hydrogen-bond acceptors (Lipinski definition) is 3. The highest BCUT2D eigenvalue weighted by Gasteiger charge is 2.35. The fraction of sp³-hybridized carbons (Fsp3) is 0.762. The lowest BCUT2D eigenvalue weighted by atomic mass is 9.64. The Morgan fingerprint density at radius 3 is 2.36 bits per heavy atom. The second-order valence-corrected chi connectivity index (χ2v) is 9.85. The number of nitrogens with zero attached hydrogens (tertiary/aromatic N) is 1. The minimum Gasteiger partial charge on any atom is -0.381 e. The van der Waals surface area contributed by atoms with E-state index in [4.69, 9.17) is 16.3 Å². The Kier molecular flexibility index (Phi) is 6.78. The van der Waals surface area contributed by atoms with Crippen molar-refractivity contribution in [3.8, 4) is 0 Å². The van der Waals surface area contributed by atoms with Crippen LogP contribution >= 0.6 is 11.6 Å². The molecule has 0 bridgehead atoms. The standard InChI is InChI=1S/C21H35ClN2O/c1-20(2,3)14-21(4,5)15-7-9-16(10-8-15)24-17-11-12-23-18(13-25-6)19(17)22/h11-12,15-16H,7-10,13-14H2,1-6H3,(H,23,24)/t15-,16+. The van der Waals surface area contributed by atoms with E-state index in [9.17, 15) is 0 Å². The van der Waals surface area contributed by atoms with E-state index in [1.165, 1.54) is 32.1 Å². The first-order valence-electron chi connectivity index (χ1n) is 9.51. The first-order chi connectivity index (χ1) is 11.6. The van der Waals surface area contributed by atoms with Crippen molar-refractivity contribution in [2.45, 2.75) is 79.4 Å². The van der Waals surface area contributed by atoms with E-state index in [0.717, 1.165) is 17.3 Å². The monoisotopic (exact) mass is 366 g/mol. The summed E-state index contributed by atoms with van der Waals surface area (Å²) in [6.45, 7) is 12.4. The van der Waals surface area contributed by atoms with Gasteiger partial charge in [-0.2, -0.15) is 0 Å². The van der Waals surface area contributed by atoms with Crippen molar-refractivity contribution >= 4 is 17.3 Å². The molecule has 0 amide bonds. The third-order valence-corrected chi connectivity index (χ3v) is 5.84. The summed E-state index contributed by atoms with van der Waals surface area (Å²) < 4.78 is 5.17. The number of aromatic nitrogens is 1. The highest BCUT2D eigenvalue weighted by molar-refractivity contribution is 6.33. The molecule has 2 rings (SSSR count). The van der Waals surface area contributed by atoms with Crippen molar-refractivity contribution in [1.82, 2.24) is 4.98 Å². The molecular formula is C21H35ClN2O. The molecule has 1 fully saturated rings. The lowest BCUT2D eigenvalue weighted by Crippen LogP contribution is -2.35. The summed E-state index contributed by atoms with van der Waals surface area (Å²) in [5.74, 6) is 0.807. The summed E-state index contributed by atoms with van der Waals surface area (Å²) in [6.07, 6.45) is 8.07. The van der Waals surface area contributed by atoms with Crippen molar-refractivity contribution < 1.29 is 4.74 Å². The summed E-state index contributed by atoms with van der Waals surface area (Å²) in [5.41, 5.74) is 2.58. The number of nitrogens with one attached hydrogen (secondary N) is 1. The summed E-state index contributed by atoms with van der Waals surface area (Å²) in [6, 6.07) is 2.47. The number of pyridine rings is 1. The smallest absolute Gasteiger partial charge is 0.0900 e. The van der Waals surface area contributed by atoms with E-state index in [0.29, 0.717) is 28.5 Å². The minimum absolute atomic E-state index is 0.390. The van der Waals surface area contributed by atoms with E-state index < -0.39 is 0 Å². The molecular weight excluding hydrogens is 332 g/mol. The summed E-state index contributed by atoms with van der Waals surface area (Å²) in [7, 11) is 1.67. The molecule has 0 aliphatic heterocycles. The van der Waals surface area contributed by atoms with Gasteiger partial charge in [0.25, 0.3) is 0 Å². The lowest BCUT2D eigenvalue weighted by Gasteiger charge is -2.43. The number of ether oxygens (including phenoxy) is 1. The molecule has 0 spiro atoms. The van der Waals surface area contributed by atoms with Gasteiger partial charge in [-0.15, -0.1) is 0 Å². The van der Waals surface area contributed by atoms with E-state index in [1.807, 2.05) is 6.07 Å². The number of methoxy groups -OCH3 is 1. The highest BCUT2D eigenvalue weighted by Crippen LogP contribution is 2.45. The van der Waals surface area contributed by atoms with E-state index in [-0.39, 0.29) is 0 Å². The molecule has 0 atom stereocenters. The topological polar surface area (TPSA) is 34.1 Å². The van der Waals surface area contributed by atoms with Gasteiger partial charge in [0.2, 0.25) is 0 Å². The molecule has 142 valence electrons. The van der Waals surface area contributed by atoms with Crippen LogP contribution in [0, 0.1) is 16.7 Å². The average Bonchev–Trinajstić information content (AvgIpc) is 2.50. The van der Waals surface area contributed by atoms with Gasteiger partial charge in [-0.05, 0) is 54.9 Å². The van der Waals surface area contributed by atoms with Crippen LogP contribution in [0.1, 0.15) is 72.4 Å². The Hall–Kier alpha value is -0.800. The Morgan fingerprint density at radius 1 is 1.16 bits per heavy atom. The molecule has 1 N–H and O–H groups in total. The summed E-state index contributed by atoms with van der Waals surface area (Å²) in [5, 5.41) is 4.33. The van der Waals surface area contributed by atoms with E-state index >= 15 is 0 Å². The molecule has 4 heteroatoms. The number of anilines is 1. The molecule has 1 heterocycles. The maximum Gasteiger partial charge on any atom is 0.0900 e. The summed E-state index contributed by atoms with van der Waals surface area (Å²) in [4.78, 5) is 4.30. The Morgan fingerprint density at radius 2 is 1.80 bits per heavy atom. The molecule has 1 saturated carbocycles. The largest absolute Gasteiger partial charge is 0.381 e. The Bertz CT molecular complexity index is 558. The first kappa shape index (κ1) is 20.5. The zero-order valence-electron chi connectivity index (χ0n) is 16.8. The van der Waals surface area contributed by atoms with Crippen molar-refractivity contribution in [2.24, 2.45) is 16.7 Å². The van der Waals surface area contributed by atoms with Crippen LogP contribution in [-0.4, -0.2) is 18.1 Å². The minimum atomic E-state index is 0.390. The van der Waals surface area contributed by atoms with Crippen molar-refractivity contribution in [3.05, 3.63) is 23.0 Å². The van der Waals surface area contributed by atoms with Gasteiger partial charge in [0.05, 0.1) is 23.0 Å². The van der Waals surface area contributed by atoms with Gasteiger partial charge in [-0.3, -0.25) is 4.98 Å². The van der Waals surface area contributed by atoms with Gasteiger partial charge in [-0.25, -0.2) is 0 Å². The number of rotatable bonds is 6. The predicted octanol–water partition coefficient (Wildman–Crippen LogP) is 6.31. The zero-order valence-corrected chi connectivity index (χ0v) is 17.5. The van der Waals surface area contributed by atoms with E-state index in [2.05, 4.69) is 44.9 Å². The molecule has 1 aliphatic carbocycles. The van der Waals surface area contributed by atoms with Crippen molar-refractivity contribution in [2.75, 3.05) is 12.4 Å². The van der Waals surface area contributed by atoms with Crippen LogP contribution in [0.15, 0.2) is 12.3 Å². The maximum atomic E-state index is 6.48. The Labute approximate surface area is 158 Å². The average molecular weight is 367 g/mol. The van der Waals surface area contributed by atoms with Crippen LogP contribution in [0.25, 0.3) is 0 Å². The normalized spacial score (nSPS) is 22.0. The molecule has 1 aromatic heterocycles. The van der Waals surface area contributed by atoms with Crippen molar-refractivity contribution in [3.63, 3.8) is 0 Å². The van der Waals surface area contributed by atoms with Crippen LogP contribution in [0.3, 0.4) is 0 Å². The van der Waals surface area contributed by atoms with Gasteiger partial charge in [0, 0.05) is 19.3 Å². The molecule has 0 radical (unpaired) electrons. The van der Waals surface area contributed by atoms with Gasteiger partial charge >= 0.3 is 0 Å². The number of halogens is 1. The molecule has 0 aromatic carbocycles. The molecule has 1 aliphatic rings. The van der Waals surface area contributed by atoms with Crippen LogP contribution in [-0.2, 0) is 11.3 Å². The third-order valence-electron chi connectivity index (χ3n) is 5.42. The fourth-order valence-electron chi connectivity index (χ4n) is 4.59. The maximum absolute atomic E-state index is 6.48. The van der Waals surface area contributed by atoms with E-state index in [1.54, 1.807) is 13.3 Å². The van der Waals surface area contributed by atoms with Crippen LogP contribution in [0.4, 0.5) is 5.69 Å².